The summed E-state index contributed by atoms with van der Waals surface area (Å²) in [5.74, 6) is -0.266. The van der Waals surface area contributed by atoms with E-state index in [0.717, 1.165) is 10.5 Å². The molecule has 0 atom stereocenters. The zero-order valence-electron chi connectivity index (χ0n) is 7.16. The minimum absolute atomic E-state index is 0. The molecule has 0 radical (unpaired) electrons. The molecule has 1 rings (SSSR count). The van der Waals surface area contributed by atoms with Gasteiger partial charge in [-0.3, -0.25) is 4.79 Å². The third-order valence-corrected chi connectivity index (χ3v) is 1.88. The molecule has 0 amide bonds. The maximum Gasteiger partial charge on any atom is 1.00 e. The van der Waals surface area contributed by atoms with E-state index in [1.54, 1.807) is 24.3 Å². The van der Waals surface area contributed by atoms with Gasteiger partial charge in [0.25, 0.3) is 0 Å². The molecule has 62 valence electrons. The van der Waals surface area contributed by atoms with Crippen LogP contribution in [0.2, 0.25) is 0 Å². The summed E-state index contributed by atoms with van der Waals surface area (Å²) in [7, 11) is 0. The van der Waals surface area contributed by atoms with Crippen LogP contribution in [0.15, 0.2) is 41.1 Å². The summed E-state index contributed by atoms with van der Waals surface area (Å²) in [5, 5.41) is 9.97. The second-order valence-corrected chi connectivity index (χ2v) is 3.09. The molecule has 0 saturated carbocycles. The third-order valence-electron chi connectivity index (χ3n) is 1.35. The topological polar surface area (TPSA) is 40.1 Å². The van der Waals surface area contributed by atoms with Gasteiger partial charge < -0.3 is 5.11 Å². The summed E-state index contributed by atoms with van der Waals surface area (Å²) in [6, 6.07) is 6.83. The Balaban J connectivity index is 0.00000144. The molecule has 4 heteroatoms. The van der Waals surface area contributed by atoms with Crippen LogP contribution >= 0.6 is 15.9 Å². The molecular weight excluding hydrogens is 243 g/mol. The Labute approximate surface area is 107 Å². The first-order valence-corrected chi connectivity index (χ1v) is 4.12. The molecule has 1 aromatic carbocycles. The molecule has 0 fully saturated rings. The van der Waals surface area contributed by atoms with Crippen molar-refractivity contribution in [3.63, 3.8) is 0 Å². The van der Waals surface area contributed by atoms with Gasteiger partial charge >= 0.3 is 29.6 Å². The number of hydrogen-bond acceptors (Lipinski definition) is 2. The van der Waals surface area contributed by atoms with Crippen LogP contribution in [0.1, 0.15) is 10.4 Å². The van der Waals surface area contributed by atoms with Gasteiger partial charge in [-0.05, 0) is 30.3 Å². The van der Waals surface area contributed by atoms with E-state index in [0.29, 0.717) is 11.8 Å². The summed E-state index contributed by atoms with van der Waals surface area (Å²) < 4.78 is 0.908. The van der Waals surface area contributed by atoms with E-state index >= 15 is 0 Å². The zero-order chi connectivity index (χ0) is 8.97. The molecule has 0 aliphatic rings. The fraction of sp³-hybridized carbons (Fsp3) is 0. The molecule has 0 aliphatic heterocycles. The summed E-state index contributed by atoms with van der Waals surface area (Å²) in [4.78, 5) is 11.1. The average molecular weight is 249 g/mol. The number of benzene rings is 1. The monoisotopic (exact) mass is 248 g/mol. The van der Waals surface area contributed by atoms with Crippen LogP contribution in [0, 0.1) is 0 Å². The zero-order valence-corrected chi connectivity index (χ0v) is 10.7. The molecule has 0 N–H and O–H groups in total. The first kappa shape index (κ1) is 12.9. The van der Waals surface area contributed by atoms with Crippen molar-refractivity contribution in [2.75, 3.05) is 0 Å². The number of allylic oxidation sites excluding steroid dienone is 1. The van der Waals surface area contributed by atoms with Crippen molar-refractivity contribution in [3.05, 3.63) is 46.6 Å². The summed E-state index contributed by atoms with van der Waals surface area (Å²) in [5.41, 5.74) is 0.519. The fourth-order valence-corrected chi connectivity index (χ4v) is 1.04. The third kappa shape index (κ3) is 4.09. The Morgan fingerprint density at radius 1 is 1.31 bits per heavy atom. The van der Waals surface area contributed by atoms with Crippen molar-refractivity contribution in [3.8, 4) is 0 Å². The average Bonchev–Trinajstić information content (AvgIpc) is 2.06. The van der Waals surface area contributed by atoms with Gasteiger partial charge in [-0.2, -0.15) is 0 Å². The van der Waals surface area contributed by atoms with E-state index in [1.807, 2.05) is 0 Å². The van der Waals surface area contributed by atoms with Gasteiger partial charge in [-0.25, -0.2) is 0 Å². The molecule has 0 spiro atoms. The number of ketones is 1. The number of carbonyl (C=O) groups is 1. The second-order valence-electron chi connectivity index (χ2n) is 2.17. The van der Waals surface area contributed by atoms with E-state index in [9.17, 15) is 9.90 Å². The molecule has 0 aliphatic carbocycles. The van der Waals surface area contributed by atoms with Crippen molar-refractivity contribution in [1.29, 1.82) is 0 Å². The largest absolute Gasteiger partial charge is 1.00 e. The Morgan fingerprint density at radius 2 is 1.85 bits per heavy atom. The first-order valence-electron chi connectivity index (χ1n) is 3.32. The maximum absolute atomic E-state index is 11.1. The van der Waals surface area contributed by atoms with Crippen LogP contribution in [-0.2, 0) is 0 Å². The minimum Gasteiger partial charge on any atom is -0.878 e. The number of carbonyl (C=O) groups excluding carboxylic acids is 1. The second kappa shape index (κ2) is 6.38. The van der Waals surface area contributed by atoms with Crippen molar-refractivity contribution in [2.24, 2.45) is 0 Å². The van der Waals surface area contributed by atoms with E-state index in [2.05, 4.69) is 15.9 Å². The Kier molecular flexibility index (Phi) is 6.33. The van der Waals surface area contributed by atoms with Gasteiger partial charge in [0.05, 0.1) is 0 Å². The Morgan fingerprint density at radius 3 is 2.31 bits per heavy atom. The predicted octanol–water partition coefficient (Wildman–Crippen LogP) is -1.49. The maximum atomic E-state index is 11.1. The van der Waals surface area contributed by atoms with Crippen molar-refractivity contribution < 1.29 is 39.5 Å². The van der Waals surface area contributed by atoms with E-state index in [4.69, 9.17) is 0 Å². The Hall–Kier alpha value is -0.0900. The number of rotatable bonds is 2. The number of hydrogen-bond donors (Lipinski definition) is 0. The van der Waals surface area contributed by atoms with Crippen molar-refractivity contribution >= 4 is 21.7 Å². The molecule has 1 aromatic rings. The molecule has 0 aromatic heterocycles. The van der Waals surface area contributed by atoms with Crippen LogP contribution in [0.4, 0.5) is 0 Å². The molecule has 13 heavy (non-hydrogen) atoms. The van der Waals surface area contributed by atoms with Gasteiger partial charge in [-0.15, -0.1) is 6.26 Å². The molecular formula is C9H6BrNaO2. The minimum atomic E-state index is -0.266. The predicted molar refractivity (Wildman–Crippen MR) is 47.6 cm³/mol. The molecule has 0 unspecified atom stereocenters. The number of halogens is 1. The Bertz CT molecular complexity index is 306. The van der Waals surface area contributed by atoms with E-state index in [1.165, 1.54) is 0 Å². The van der Waals surface area contributed by atoms with Gasteiger partial charge in [0.2, 0.25) is 0 Å². The van der Waals surface area contributed by atoms with Crippen molar-refractivity contribution in [1.82, 2.24) is 0 Å². The van der Waals surface area contributed by atoms with E-state index in [-0.39, 0.29) is 35.3 Å². The van der Waals surface area contributed by atoms with Crippen LogP contribution in [0.5, 0.6) is 0 Å². The van der Waals surface area contributed by atoms with Crippen molar-refractivity contribution in [2.45, 2.75) is 0 Å². The molecule has 0 heterocycles. The SMILES string of the molecule is O=C(C=C[O-])c1ccc(Br)cc1.[Na+]. The normalized spacial score (nSPS) is 9.62. The van der Waals surface area contributed by atoms with Gasteiger partial charge in [0.1, 0.15) is 0 Å². The van der Waals surface area contributed by atoms with Crippen LogP contribution in [-0.4, -0.2) is 5.78 Å². The molecule has 2 nitrogen and oxygen atoms in total. The fourth-order valence-electron chi connectivity index (χ4n) is 0.772. The summed E-state index contributed by atoms with van der Waals surface area (Å²) in [6.45, 7) is 0. The van der Waals surface area contributed by atoms with Gasteiger partial charge in [0.15, 0.2) is 5.78 Å². The quantitative estimate of drug-likeness (QED) is 0.277. The summed E-state index contributed by atoms with van der Waals surface area (Å²) in [6.07, 6.45) is 1.49. The van der Waals surface area contributed by atoms with E-state index < -0.39 is 0 Å². The van der Waals surface area contributed by atoms with Gasteiger partial charge in [-0.1, -0.05) is 15.9 Å². The van der Waals surface area contributed by atoms with Gasteiger partial charge in [0, 0.05) is 10.0 Å². The summed E-state index contributed by atoms with van der Waals surface area (Å²) >= 11 is 3.24. The smallest absolute Gasteiger partial charge is 0.878 e. The van der Waals surface area contributed by atoms with Crippen LogP contribution < -0.4 is 34.7 Å². The standard InChI is InChI=1S/C9H7BrO2.Na/c10-8-3-1-7(2-4-8)9(12)5-6-11;/h1-6,11H;/q;+1/p-1. The van der Waals surface area contributed by atoms with Crippen LogP contribution in [0.3, 0.4) is 0 Å². The van der Waals surface area contributed by atoms with Crippen LogP contribution in [0.25, 0.3) is 0 Å². The molecule has 0 saturated heterocycles. The first-order chi connectivity index (χ1) is 5.74. The molecule has 0 bridgehead atoms.